The Hall–Kier alpha value is 0.110. The summed E-state index contributed by atoms with van der Waals surface area (Å²) in [6.45, 7) is 9.61. The van der Waals surface area contributed by atoms with Gasteiger partial charge in [-0.1, -0.05) is 15.9 Å². The second-order valence-electron chi connectivity index (χ2n) is 4.30. The van der Waals surface area contributed by atoms with E-state index in [1.165, 1.54) is 0 Å². The molecule has 0 rings (SSSR count). The van der Waals surface area contributed by atoms with E-state index in [9.17, 15) is 4.79 Å². The van der Waals surface area contributed by atoms with Gasteiger partial charge in [-0.05, 0) is 34.6 Å². The summed E-state index contributed by atoms with van der Waals surface area (Å²) in [7, 11) is 0. The minimum absolute atomic E-state index is 0.0671. The van der Waals surface area contributed by atoms with Crippen LogP contribution in [0.15, 0.2) is 0 Å². The number of carbonyl (C=O) groups is 1. The molecule has 0 saturated carbocycles. The van der Waals surface area contributed by atoms with E-state index in [1.54, 1.807) is 0 Å². The number of alkyl halides is 1. The Morgan fingerprint density at radius 2 is 1.67 bits per heavy atom. The van der Waals surface area contributed by atoms with Crippen LogP contribution in [0, 0.1) is 0 Å². The SMILES string of the molecule is CC(C)(C)OCC(=O)C(C)(C)Br. The monoisotopic (exact) mass is 236 g/mol. The molecule has 0 aromatic rings. The smallest absolute Gasteiger partial charge is 0.174 e. The topological polar surface area (TPSA) is 26.3 Å². The molecule has 0 spiro atoms. The van der Waals surface area contributed by atoms with Crippen molar-refractivity contribution in [2.75, 3.05) is 6.61 Å². The second kappa shape index (κ2) is 3.88. The second-order valence-corrected chi connectivity index (χ2v) is 6.28. The summed E-state index contributed by atoms with van der Waals surface area (Å²) in [5, 5.41) is 0. The molecule has 0 saturated heterocycles. The van der Waals surface area contributed by atoms with Crippen molar-refractivity contribution in [3.63, 3.8) is 0 Å². The van der Waals surface area contributed by atoms with Crippen molar-refractivity contribution >= 4 is 21.7 Å². The number of hydrogen-bond donors (Lipinski definition) is 0. The highest BCUT2D eigenvalue weighted by molar-refractivity contribution is 9.10. The van der Waals surface area contributed by atoms with Gasteiger partial charge in [-0.25, -0.2) is 0 Å². The molecule has 0 aromatic carbocycles. The number of halogens is 1. The van der Waals surface area contributed by atoms with Crippen LogP contribution in [0.1, 0.15) is 34.6 Å². The average Bonchev–Trinajstić information content (AvgIpc) is 1.78. The summed E-state index contributed by atoms with van der Waals surface area (Å²) in [4.78, 5) is 11.3. The first kappa shape index (κ1) is 12.1. The van der Waals surface area contributed by atoms with Crippen molar-refractivity contribution in [1.29, 1.82) is 0 Å². The summed E-state index contributed by atoms with van der Waals surface area (Å²) in [5.41, 5.74) is -0.242. The number of rotatable bonds is 3. The first-order chi connectivity index (χ1) is 5.13. The van der Waals surface area contributed by atoms with Gasteiger partial charge in [-0.15, -0.1) is 0 Å². The van der Waals surface area contributed by atoms with Gasteiger partial charge in [0.25, 0.3) is 0 Å². The normalized spacial score (nSPS) is 13.2. The Labute approximate surface area is 82.8 Å². The zero-order chi connectivity index (χ0) is 9.99. The molecule has 0 aliphatic heterocycles. The molecular weight excluding hydrogens is 220 g/mol. The van der Waals surface area contributed by atoms with Crippen molar-refractivity contribution < 1.29 is 9.53 Å². The Kier molecular flexibility index (Phi) is 3.91. The summed E-state index contributed by atoms with van der Waals surface area (Å²) >= 11 is 3.28. The maximum Gasteiger partial charge on any atom is 0.174 e. The zero-order valence-electron chi connectivity index (χ0n) is 8.40. The van der Waals surface area contributed by atoms with Crippen LogP contribution in [0.2, 0.25) is 0 Å². The Morgan fingerprint density at radius 1 is 1.25 bits per heavy atom. The molecule has 0 amide bonds. The molecule has 0 aliphatic carbocycles. The molecule has 0 bridgehead atoms. The van der Waals surface area contributed by atoms with Gasteiger partial charge in [0.15, 0.2) is 5.78 Å². The van der Waals surface area contributed by atoms with Gasteiger partial charge in [0.2, 0.25) is 0 Å². The summed E-state index contributed by atoms with van der Waals surface area (Å²) in [5.74, 6) is 0.0671. The van der Waals surface area contributed by atoms with E-state index in [1.807, 2.05) is 34.6 Å². The quantitative estimate of drug-likeness (QED) is 0.705. The number of ether oxygens (including phenoxy) is 1. The van der Waals surface area contributed by atoms with Crippen LogP contribution in [-0.4, -0.2) is 22.3 Å². The summed E-state index contributed by atoms with van der Waals surface area (Å²) < 4.78 is 4.86. The van der Waals surface area contributed by atoms with E-state index in [0.717, 1.165) is 0 Å². The molecule has 0 aromatic heterocycles. The Bertz CT molecular complexity index is 162. The van der Waals surface area contributed by atoms with Crippen molar-refractivity contribution in [2.24, 2.45) is 0 Å². The predicted molar refractivity (Wildman–Crippen MR) is 53.7 cm³/mol. The van der Waals surface area contributed by atoms with Gasteiger partial charge in [-0.3, -0.25) is 4.79 Å². The average molecular weight is 237 g/mol. The molecule has 0 heterocycles. The van der Waals surface area contributed by atoms with Crippen molar-refractivity contribution in [3.8, 4) is 0 Å². The van der Waals surface area contributed by atoms with Crippen LogP contribution in [0.25, 0.3) is 0 Å². The summed E-state index contributed by atoms with van der Waals surface area (Å²) in [6, 6.07) is 0. The number of hydrogen-bond acceptors (Lipinski definition) is 2. The van der Waals surface area contributed by atoms with Crippen molar-refractivity contribution in [1.82, 2.24) is 0 Å². The summed E-state index contributed by atoms with van der Waals surface area (Å²) in [6.07, 6.45) is 0. The van der Waals surface area contributed by atoms with E-state index in [0.29, 0.717) is 0 Å². The zero-order valence-corrected chi connectivity index (χ0v) is 9.99. The van der Waals surface area contributed by atoms with E-state index < -0.39 is 4.32 Å². The largest absolute Gasteiger partial charge is 0.368 e. The number of ketones is 1. The lowest BCUT2D eigenvalue weighted by Crippen LogP contribution is -2.32. The van der Waals surface area contributed by atoms with Crippen LogP contribution in [0.5, 0.6) is 0 Å². The third kappa shape index (κ3) is 5.72. The molecule has 0 unspecified atom stereocenters. The molecule has 0 aliphatic rings. The van der Waals surface area contributed by atoms with Crippen LogP contribution < -0.4 is 0 Å². The lowest BCUT2D eigenvalue weighted by Gasteiger charge is -2.21. The fourth-order valence-corrected chi connectivity index (χ4v) is 0.568. The molecule has 0 radical (unpaired) electrons. The lowest BCUT2D eigenvalue weighted by molar-refractivity contribution is -0.129. The van der Waals surface area contributed by atoms with Gasteiger partial charge < -0.3 is 4.74 Å². The number of Topliss-reactive ketones (excluding diaryl/α,β-unsaturated/α-hetero) is 1. The van der Waals surface area contributed by atoms with E-state index >= 15 is 0 Å². The minimum Gasteiger partial charge on any atom is -0.368 e. The highest BCUT2D eigenvalue weighted by Gasteiger charge is 2.25. The van der Waals surface area contributed by atoms with Gasteiger partial charge in [0, 0.05) is 0 Å². The van der Waals surface area contributed by atoms with Crippen LogP contribution in [0.3, 0.4) is 0 Å². The van der Waals surface area contributed by atoms with Gasteiger partial charge in [-0.2, -0.15) is 0 Å². The fraction of sp³-hybridized carbons (Fsp3) is 0.889. The third-order valence-corrected chi connectivity index (χ3v) is 1.74. The van der Waals surface area contributed by atoms with Crippen molar-refractivity contribution in [2.45, 2.75) is 44.5 Å². The minimum atomic E-state index is -0.474. The van der Waals surface area contributed by atoms with E-state index in [2.05, 4.69) is 15.9 Å². The number of carbonyl (C=O) groups excluding carboxylic acids is 1. The van der Waals surface area contributed by atoms with Gasteiger partial charge in [0.05, 0.1) is 9.93 Å². The highest BCUT2D eigenvalue weighted by atomic mass is 79.9. The Balaban J connectivity index is 3.90. The van der Waals surface area contributed by atoms with Crippen molar-refractivity contribution in [3.05, 3.63) is 0 Å². The van der Waals surface area contributed by atoms with Crippen LogP contribution >= 0.6 is 15.9 Å². The van der Waals surface area contributed by atoms with Crippen LogP contribution in [-0.2, 0) is 9.53 Å². The molecule has 2 nitrogen and oxygen atoms in total. The maximum absolute atomic E-state index is 11.3. The predicted octanol–water partition coefficient (Wildman–Crippen LogP) is 2.54. The van der Waals surface area contributed by atoms with E-state index in [-0.39, 0.29) is 18.0 Å². The van der Waals surface area contributed by atoms with Crippen LogP contribution in [0.4, 0.5) is 0 Å². The Morgan fingerprint density at radius 3 is 1.92 bits per heavy atom. The molecular formula is C9H17BrO2. The lowest BCUT2D eigenvalue weighted by atomic mass is 10.1. The molecule has 72 valence electrons. The van der Waals surface area contributed by atoms with Gasteiger partial charge >= 0.3 is 0 Å². The molecule has 12 heavy (non-hydrogen) atoms. The molecule has 0 fully saturated rings. The molecule has 3 heteroatoms. The highest BCUT2D eigenvalue weighted by Crippen LogP contribution is 2.18. The van der Waals surface area contributed by atoms with Gasteiger partial charge in [0.1, 0.15) is 6.61 Å². The molecule has 0 atom stereocenters. The molecule has 0 N–H and O–H groups in total. The van der Waals surface area contributed by atoms with E-state index in [4.69, 9.17) is 4.74 Å². The third-order valence-electron chi connectivity index (χ3n) is 1.30. The maximum atomic E-state index is 11.3. The fourth-order valence-electron chi connectivity index (χ4n) is 0.454. The first-order valence-electron chi connectivity index (χ1n) is 3.99. The standard InChI is InChI=1S/C9H17BrO2/c1-8(2,3)12-6-7(11)9(4,5)10/h6H2,1-5H3. The first-order valence-corrected chi connectivity index (χ1v) is 4.78.